The molecular weight excluding hydrogens is 412 g/mol. The Morgan fingerprint density at radius 1 is 1.33 bits per heavy atom. The molecule has 1 aromatic rings. The molecule has 0 radical (unpaired) electrons. The van der Waals surface area contributed by atoms with Crippen LogP contribution in [0.3, 0.4) is 0 Å². The van der Waals surface area contributed by atoms with Crippen molar-refractivity contribution in [2.45, 2.75) is 77.5 Å². The number of carbonyl (C=O) groups is 1. The smallest absolute Gasteiger partial charge is 0.220 e. The van der Waals surface area contributed by atoms with E-state index in [4.69, 9.17) is 0 Å². The topological polar surface area (TPSA) is 82.5 Å². The standard InChI is InChI=1S/C28H38N2O3/c1-3-4-7-20(2)26(31)11-10-24-25-17-22(16-23(25)18-27(24)32)8-5-6-9-28(33)30-19-21-12-14-29-15-13-21/h10-16,20,23-27,31-32H,5-9,17-19H2,1-2H3,(H,30,33)/t20-,23+,24-,25+,26-,27-/m1/s1. The summed E-state index contributed by atoms with van der Waals surface area (Å²) in [5.74, 6) is 7.03. The number of aliphatic hydroxyl groups excluding tert-OH is 2. The van der Waals surface area contributed by atoms with Crippen LogP contribution in [0.15, 0.2) is 48.3 Å². The number of aromatic nitrogens is 1. The molecule has 1 amide bonds. The van der Waals surface area contributed by atoms with Gasteiger partial charge < -0.3 is 15.5 Å². The van der Waals surface area contributed by atoms with Gasteiger partial charge in [0.15, 0.2) is 0 Å². The average Bonchev–Trinajstić information content (AvgIpc) is 3.34. The third-order valence-electron chi connectivity index (χ3n) is 7.06. The highest BCUT2D eigenvalue weighted by molar-refractivity contribution is 5.75. The molecule has 6 atom stereocenters. The van der Waals surface area contributed by atoms with Gasteiger partial charge >= 0.3 is 0 Å². The van der Waals surface area contributed by atoms with E-state index in [1.807, 2.05) is 38.1 Å². The normalized spacial score (nSPS) is 25.8. The van der Waals surface area contributed by atoms with Crippen molar-refractivity contribution in [2.24, 2.45) is 23.7 Å². The summed E-state index contributed by atoms with van der Waals surface area (Å²) in [6.45, 7) is 4.36. The second-order valence-corrected chi connectivity index (χ2v) is 9.56. The summed E-state index contributed by atoms with van der Waals surface area (Å²) >= 11 is 0. The fourth-order valence-electron chi connectivity index (χ4n) is 5.03. The Hall–Kier alpha value is -2.42. The first-order valence-electron chi connectivity index (χ1n) is 12.3. The summed E-state index contributed by atoms with van der Waals surface area (Å²) in [6, 6.07) is 3.82. The van der Waals surface area contributed by atoms with Gasteiger partial charge in [0.05, 0.1) is 12.2 Å². The highest BCUT2D eigenvalue weighted by atomic mass is 16.3. The molecule has 3 rings (SSSR count). The number of nitrogens with zero attached hydrogens (tertiary/aromatic N) is 1. The minimum Gasteiger partial charge on any atom is -0.392 e. The molecule has 33 heavy (non-hydrogen) atoms. The van der Waals surface area contributed by atoms with Gasteiger partial charge in [-0.2, -0.15) is 0 Å². The van der Waals surface area contributed by atoms with E-state index in [-0.39, 0.29) is 23.8 Å². The first kappa shape index (κ1) is 25.2. The summed E-state index contributed by atoms with van der Waals surface area (Å²) in [5.41, 5.74) is 2.52. The minimum absolute atomic E-state index is 0.0854. The molecule has 2 aliphatic rings. The predicted octanol–water partition coefficient (Wildman–Crippen LogP) is 4.17. The molecule has 1 fully saturated rings. The van der Waals surface area contributed by atoms with Gasteiger partial charge in [-0.15, -0.1) is 11.8 Å². The Bertz CT molecular complexity index is 883. The fraction of sp³-hybridized carbons (Fsp3) is 0.571. The zero-order chi connectivity index (χ0) is 23.6. The highest BCUT2D eigenvalue weighted by Gasteiger charge is 2.43. The molecule has 178 valence electrons. The number of fused-ring (bicyclic) bond motifs is 1. The molecule has 2 aliphatic carbocycles. The van der Waals surface area contributed by atoms with Gasteiger partial charge in [-0.1, -0.05) is 30.7 Å². The second kappa shape index (κ2) is 12.7. The van der Waals surface area contributed by atoms with Crippen molar-refractivity contribution in [1.29, 1.82) is 0 Å². The van der Waals surface area contributed by atoms with E-state index in [0.717, 1.165) is 37.7 Å². The largest absolute Gasteiger partial charge is 0.392 e. The number of rotatable bonds is 11. The van der Waals surface area contributed by atoms with E-state index in [9.17, 15) is 15.0 Å². The second-order valence-electron chi connectivity index (χ2n) is 9.56. The quantitative estimate of drug-likeness (QED) is 0.268. The number of nitrogens with one attached hydrogen (secondary N) is 1. The minimum atomic E-state index is -0.532. The van der Waals surface area contributed by atoms with Crippen LogP contribution < -0.4 is 5.32 Å². The first-order chi connectivity index (χ1) is 16.0. The van der Waals surface area contributed by atoms with E-state index in [2.05, 4.69) is 28.2 Å². The van der Waals surface area contributed by atoms with Crippen molar-refractivity contribution < 1.29 is 15.0 Å². The van der Waals surface area contributed by atoms with Gasteiger partial charge in [0.25, 0.3) is 0 Å². The fourth-order valence-corrected chi connectivity index (χ4v) is 5.03. The molecule has 0 bridgehead atoms. The summed E-state index contributed by atoms with van der Waals surface area (Å²) in [5, 5.41) is 23.9. The molecule has 3 N–H and O–H groups in total. The molecular formula is C28H38N2O3. The van der Waals surface area contributed by atoms with Gasteiger partial charge in [0.1, 0.15) is 0 Å². The maximum Gasteiger partial charge on any atom is 0.220 e. The van der Waals surface area contributed by atoms with E-state index in [0.29, 0.717) is 31.2 Å². The van der Waals surface area contributed by atoms with E-state index in [1.54, 1.807) is 12.4 Å². The van der Waals surface area contributed by atoms with Crippen LogP contribution >= 0.6 is 0 Å². The van der Waals surface area contributed by atoms with Crippen LogP contribution in [0, 0.1) is 35.5 Å². The predicted molar refractivity (Wildman–Crippen MR) is 131 cm³/mol. The molecule has 0 aromatic carbocycles. The molecule has 5 nitrogen and oxygen atoms in total. The average molecular weight is 451 g/mol. The molecule has 0 saturated heterocycles. The van der Waals surface area contributed by atoms with E-state index < -0.39 is 6.10 Å². The van der Waals surface area contributed by atoms with Gasteiger partial charge in [-0.25, -0.2) is 0 Å². The Morgan fingerprint density at radius 3 is 2.88 bits per heavy atom. The Labute approximate surface area is 198 Å². The van der Waals surface area contributed by atoms with Crippen LogP contribution in [-0.2, 0) is 11.3 Å². The number of hydrogen-bond acceptors (Lipinski definition) is 4. The number of amides is 1. The number of unbranched alkanes of at least 4 members (excludes halogenated alkanes) is 1. The van der Waals surface area contributed by atoms with Crippen molar-refractivity contribution in [2.75, 3.05) is 0 Å². The zero-order valence-electron chi connectivity index (χ0n) is 19.9. The van der Waals surface area contributed by atoms with Gasteiger partial charge in [0, 0.05) is 37.7 Å². The zero-order valence-corrected chi connectivity index (χ0v) is 19.9. The molecule has 5 heteroatoms. The third kappa shape index (κ3) is 7.55. The first-order valence-corrected chi connectivity index (χ1v) is 12.3. The third-order valence-corrected chi connectivity index (χ3v) is 7.06. The van der Waals surface area contributed by atoms with Gasteiger partial charge in [-0.05, 0) is 74.5 Å². The molecule has 1 heterocycles. The lowest BCUT2D eigenvalue weighted by Crippen LogP contribution is -2.22. The summed E-state index contributed by atoms with van der Waals surface area (Å²) in [7, 11) is 0. The number of aliphatic hydroxyl groups is 2. The number of hydrogen-bond donors (Lipinski definition) is 3. The van der Waals surface area contributed by atoms with E-state index in [1.165, 1.54) is 5.57 Å². The number of pyridine rings is 1. The highest BCUT2D eigenvalue weighted by Crippen LogP contribution is 2.48. The van der Waals surface area contributed by atoms with Gasteiger partial charge in [-0.3, -0.25) is 9.78 Å². The van der Waals surface area contributed by atoms with Crippen LogP contribution in [0.1, 0.15) is 64.4 Å². The van der Waals surface area contributed by atoms with Crippen LogP contribution in [0.25, 0.3) is 0 Å². The number of carbonyl (C=O) groups excluding carboxylic acids is 1. The molecule has 0 unspecified atom stereocenters. The maximum atomic E-state index is 12.1. The van der Waals surface area contributed by atoms with Crippen molar-refractivity contribution in [3.8, 4) is 11.8 Å². The lowest BCUT2D eigenvalue weighted by Gasteiger charge is -2.20. The lowest BCUT2D eigenvalue weighted by atomic mass is 9.88. The lowest BCUT2D eigenvalue weighted by molar-refractivity contribution is -0.121. The maximum absolute atomic E-state index is 12.1. The van der Waals surface area contributed by atoms with Crippen LogP contribution in [0.5, 0.6) is 0 Å². The van der Waals surface area contributed by atoms with Crippen molar-refractivity contribution in [3.05, 3.63) is 53.9 Å². The number of allylic oxidation sites excluding steroid dienone is 2. The molecule has 0 aliphatic heterocycles. The van der Waals surface area contributed by atoms with Crippen molar-refractivity contribution in [3.63, 3.8) is 0 Å². The van der Waals surface area contributed by atoms with Gasteiger partial charge in [0.2, 0.25) is 5.91 Å². The summed E-state index contributed by atoms with van der Waals surface area (Å²) in [4.78, 5) is 16.1. The monoisotopic (exact) mass is 450 g/mol. The Kier molecular flexibility index (Phi) is 9.72. The SMILES string of the molecule is CC#CC[C@@H](C)[C@H](O)C=C[C@@H]1[C@H]2CC(CCCCC(=O)NCc3ccncc3)=C[C@H]2C[C@H]1O. The summed E-state index contributed by atoms with van der Waals surface area (Å²) in [6.07, 6.45) is 14.8. The molecule has 0 spiro atoms. The Balaban J connectivity index is 1.37. The van der Waals surface area contributed by atoms with E-state index >= 15 is 0 Å². The van der Waals surface area contributed by atoms with Crippen LogP contribution in [0.2, 0.25) is 0 Å². The van der Waals surface area contributed by atoms with Crippen LogP contribution in [0.4, 0.5) is 0 Å². The molecule has 1 saturated carbocycles. The summed E-state index contributed by atoms with van der Waals surface area (Å²) < 4.78 is 0. The molecule has 1 aromatic heterocycles. The van der Waals surface area contributed by atoms with Crippen molar-refractivity contribution >= 4 is 5.91 Å². The Morgan fingerprint density at radius 2 is 2.12 bits per heavy atom. The van der Waals surface area contributed by atoms with Crippen molar-refractivity contribution in [1.82, 2.24) is 10.3 Å². The van der Waals surface area contributed by atoms with Crippen LogP contribution in [-0.4, -0.2) is 33.3 Å².